The number of thioether (sulfide) groups is 1. The number of ketones is 1. The molecule has 0 saturated carbocycles. The van der Waals surface area contributed by atoms with Crippen molar-refractivity contribution >= 4 is 28.4 Å². The number of aryl methyl sites for hydroxylation is 1. The maximum Gasteiger partial charge on any atom is 0.284 e. The van der Waals surface area contributed by atoms with Crippen molar-refractivity contribution in [3.05, 3.63) is 53.9 Å². The number of aromatic nitrogens is 3. The Hall–Kier alpha value is -2.80. The first-order valence-corrected chi connectivity index (χ1v) is 8.67. The van der Waals surface area contributed by atoms with E-state index in [1.54, 1.807) is 12.1 Å². The molecule has 7 heteroatoms. The first-order valence-electron chi connectivity index (χ1n) is 7.79. The van der Waals surface area contributed by atoms with E-state index in [0.717, 1.165) is 16.6 Å². The van der Waals surface area contributed by atoms with E-state index in [1.165, 1.54) is 18.0 Å². The van der Waals surface area contributed by atoms with E-state index in [4.69, 9.17) is 8.83 Å². The van der Waals surface area contributed by atoms with Gasteiger partial charge < -0.3 is 13.8 Å². The van der Waals surface area contributed by atoms with Gasteiger partial charge in [-0.1, -0.05) is 30.0 Å². The molecule has 0 radical (unpaired) electrons. The number of hydrogen-bond acceptors (Lipinski definition) is 6. The van der Waals surface area contributed by atoms with Crippen molar-refractivity contribution in [1.29, 1.82) is 0 Å². The highest BCUT2D eigenvalue weighted by Crippen LogP contribution is 2.30. The third-order valence-corrected chi connectivity index (χ3v) is 4.86. The van der Waals surface area contributed by atoms with Gasteiger partial charge in [-0.2, -0.15) is 0 Å². The SMILES string of the molecule is Cc1[nH]c2ccccc2c1C(=O)C(C)Sc1nnc(-c2ccco2)o1. The molecule has 0 aliphatic rings. The monoisotopic (exact) mass is 353 g/mol. The van der Waals surface area contributed by atoms with Gasteiger partial charge in [-0.25, -0.2) is 0 Å². The summed E-state index contributed by atoms with van der Waals surface area (Å²) in [6.45, 7) is 3.75. The maximum atomic E-state index is 12.9. The number of aromatic amines is 1. The lowest BCUT2D eigenvalue weighted by atomic mass is 10.1. The lowest BCUT2D eigenvalue weighted by molar-refractivity contribution is 0.0994. The Kier molecular flexibility index (Phi) is 3.93. The third-order valence-electron chi connectivity index (χ3n) is 3.93. The van der Waals surface area contributed by atoms with Crippen molar-refractivity contribution in [2.24, 2.45) is 0 Å². The Morgan fingerprint density at radius 2 is 2.04 bits per heavy atom. The van der Waals surface area contributed by atoms with Gasteiger partial charge >= 0.3 is 0 Å². The second kappa shape index (κ2) is 6.25. The number of nitrogens with zero attached hydrogens (tertiary/aromatic N) is 2. The Morgan fingerprint density at radius 3 is 2.84 bits per heavy atom. The molecule has 0 spiro atoms. The molecule has 25 heavy (non-hydrogen) atoms. The number of furan rings is 1. The van der Waals surface area contributed by atoms with Crippen LogP contribution in [0.2, 0.25) is 0 Å². The van der Waals surface area contributed by atoms with Crippen molar-refractivity contribution in [1.82, 2.24) is 15.2 Å². The van der Waals surface area contributed by atoms with E-state index in [9.17, 15) is 4.79 Å². The standard InChI is InChI=1S/C18H15N3O3S/c1-10-15(12-6-3-4-7-13(12)19-10)16(22)11(2)25-18-21-20-17(24-18)14-8-5-9-23-14/h3-9,11,19H,1-2H3. The highest BCUT2D eigenvalue weighted by atomic mass is 32.2. The van der Waals surface area contributed by atoms with E-state index >= 15 is 0 Å². The lowest BCUT2D eigenvalue weighted by Gasteiger charge is -2.07. The molecule has 0 bridgehead atoms. The quantitative estimate of drug-likeness (QED) is 0.420. The zero-order valence-corrected chi connectivity index (χ0v) is 14.5. The van der Waals surface area contributed by atoms with E-state index in [2.05, 4.69) is 15.2 Å². The molecule has 1 atom stereocenters. The number of hydrogen-bond donors (Lipinski definition) is 1. The molecule has 6 nitrogen and oxygen atoms in total. The Bertz CT molecular complexity index is 1030. The number of carbonyl (C=O) groups is 1. The molecule has 1 aromatic carbocycles. The topological polar surface area (TPSA) is 84.9 Å². The number of rotatable bonds is 5. The Balaban J connectivity index is 1.57. The number of carbonyl (C=O) groups excluding carboxylic acids is 1. The van der Waals surface area contributed by atoms with E-state index < -0.39 is 0 Å². The van der Waals surface area contributed by atoms with Gasteiger partial charge in [-0.05, 0) is 32.0 Å². The van der Waals surface area contributed by atoms with Crippen molar-refractivity contribution in [2.75, 3.05) is 0 Å². The van der Waals surface area contributed by atoms with Crippen LogP contribution in [-0.2, 0) is 0 Å². The fraction of sp³-hybridized carbons (Fsp3) is 0.167. The largest absolute Gasteiger partial charge is 0.459 e. The number of Topliss-reactive ketones (excluding diaryl/α,β-unsaturated/α-hetero) is 1. The van der Waals surface area contributed by atoms with Gasteiger partial charge in [0.05, 0.1) is 11.5 Å². The van der Waals surface area contributed by atoms with E-state index in [0.29, 0.717) is 22.4 Å². The molecule has 3 aromatic heterocycles. The molecule has 126 valence electrons. The normalized spacial score (nSPS) is 12.6. The van der Waals surface area contributed by atoms with Crippen LogP contribution in [0.3, 0.4) is 0 Å². The number of para-hydroxylation sites is 1. The molecule has 3 heterocycles. The van der Waals surface area contributed by atoms with Gasteiger partial charge in [0.2, 0.25) is 0 Å². The van der Waals surface area contributed by atoms with Crippen molar-refractivity contribution in [2.45, 2.75) is 24.3 Å². The van der Waals surface area contributed by atoms with Crippen LogP contribution in [0.1, 0.15) is 23.0 Å². The fourth-order valence-electron chi connectivity index (χ4n) is 2.76. The molecule has 0 aliphatic heterocycles. The molecule has 4 rings (SSSR count). The fourth-order valence-corrected chi connectivity index (χ4v) is 3.50. The Morgan fingerprint density at radius 1 is 1.20 bits per heavy atom. The highest BCUT2D eigenvalue weighted by molar-refractivity contribution is 8.00. The first-order chi connectivity index (χ1) is 12.1. The highest BCUT2D eigenvalue weighted by Gasteiger charge is 2.24. The van der Waals surface area contributed by atoms with Gasteiger partial charge in [-0.3, -0.25) is 4.79 Å². The average molecular weight is 353 g/mol. The van der Waals surface area contributed by atoms with Gasteiger partial charge in [0, 0.05) is 22.2 Å². The summed E-state index contributed by atoms with van der Waals surface area (Å²) in [6, 6.07) is 11.3. The summed E-state index contributed by atoms with van der Waals surface area (Å²) in [5.74, 6) is 0.832. The predicted molar refractivity (Wildman–Crippen MR) is 94.7 cm³/mol. The predicted octanol–water partition coefficient (Wildman–Crippen LogP) is 4.48. The van der Waals surface area contributed by atoms with Gasteiger partial charge in [0.1, 0.15) is 0 Å². The minimum atomic E-state index is -0.359. The van der Waals surface area contributed by atoms with Crippen LogP contribution < -0.4 is 0 Å². The maximum absolute atomic E-state index is 12.9. The van der Waals surface area contributed by atoms with Crippen molar-refractivity contribution in [3.8, 4) is 11.7 Å². The van der Waals surface area contributed by atoms with Crippen LogP contribution in [0.25, 0.3) is 22.6 Å². The number of H-pyrrole nitrogens is 1. The van der Waals surface area contributed by atoms with Crippen LogP contribution >= 0.6 is 11.8 Å². The number of benzene rings is 1. The first kappa shape index (κ1) is 15.7. The zero-order chi connectivity index (χ0) is 17.4. The summed E-state index contributed by atoms with van der Waals surface area (Å²) < 4.78 is 10.8. The molecular formula is C18H15N3O3S. The van der Waals surface area contributed by atoms with E-state index in [-0.39, 0.29) is 11.0 Å². The smallest absolute Gasteiger partial charge is 0.284 e. The molecule has 1 unspecified atom stereocenters. The second-order valence-electron chi connectivity index (χ2n) is 5.65. The molecular weight excluding hydrogens is 338 g/mol. The molecule has 0 aliphatic carbocycles. The van der Waals surface area contributed by atoms with Crippen LogP contribution in [0, 0.1) is 6.92 Å². The summed E-state index contributed by atoms with van der Waals surface area (Å²) in [5, 5.41) is 8.85. The van der Waals surface area contributed by atoms with Crippen molar-refractivity contribution < 1.29 is 13.6 Å². The summed E-state index contributed by atoms with van der Waals surface area (Å²) in [5.41, 5.74) is 2.53. The molecule has 1 N–H and O–H groups in total. The minimum Gasteiger partial charge on any atom is -0.459 e. The Labute approximate surface area is 147 Å². The van der Waals surface area contributed by atoms with Gasteiger partial charge in [-0.15, -0.1) is 10.2 Å². The molecule has 0 amide bonds. The van der Waals surface area contributed by atoms with Crippen LogP contribution in [0.4, 0.5) is 0 Å². The molecule has 4 aromatic rings. The van der Waals surface area contributed by atoms with E-state index in [1.807, 2.05) is 38.1 Å². The second-order valence-corrected chi connectivity index (χ2v) is 6.94. The van der Waals surface area contributed by atoms with Crippen LogP contribution in [-0.4, -0.2) is 26.2 Å². The summed E-state index contributed by atoms with van der Waals surface area (Å²) in [4.78, 5) is 16.2. The van der Waals surface area contributed by atoms with Gasteiger partial charge in [0.25, 0.3) is 11.1 Å². The number of nitrogens with one attached hydrogen (secondary N) is 1. The molecule has 0 saturated heterocycles. The third kappa shape index (κ3) is 2.87. The molecule has 0 fully saturated rings. The summed E-state index contributed by atoms with van der Waals surface area (Å²) >= 11 is 1.24. The summed E-state index contributed by atoms with van der Waals surface area (Å²) in [6.07, 6.45) is 1.54. The summed E-state index contributed by atoms with van der Waals surface area (Å²) in [7, 11) is 0. The van der Waals surface area contributed by atoms with Crippen molar-refractivity contribution in [3.63, 3.8) is 0 Å². The zero-order valence-electron chi connectivity index (χ0n) is 13.6. The van der Waals surface area contributed by atoms with Gasteiger partial charge in [0.15, 0.2) is 11.5 Å². The lowest BCUT2D eigenvalue weighted by Crippen LogP contribution is -2.14. The van der Waals surface area contributed by atoms with Crippen LogP contribution in [0.15, 0.2) is 56.7 Å². The minimum absolute atomic E-state index is 0.0256. The average Bonchev–Trinajstić information content (AvgIpc) is 3.32. The number of fused-ring (bicyclic) bond motifs is 1. The van der Waals surface area contributed by atoms with Crippen LogP contribution in [0.5, 0.6) is 0 Å².